The summed E-state index contributed by atoms with van der Waals surface area (Å²) >= 11 is 8.14. The van der Waals surface area contributed by atoms with Crippen LogP contribution in [0.4, 0.5) is 10.1 Å². The third kappa shape index (κ3) is 3.40. The van der Waals surface area contributed by atoms with Crippen molar-refractivity contribution >= 4 is 44.7 Å². The zero-order valence-corrected chi connectivity index (χ0v) is 12.6. The lowest BCUT2D eigenvalue weighted by Crippen LogP contribution is -2.17. The van der Waals surface area contributed by atoms with Crippen molar-refractivity contribution in [1.29, 1.82) is 0 Å². The highest BCUT2D eigenvalue weighted by Crippen LogP contribution is 2.19. The van der Waals surface area contributed by atoms with E-state index in [0.29, 0.717) is 16.8 Å². The SMILES string of the molecule is NC(=S)c1cc(F)ccc1NC(=O)c1cccc(Br)c1. The molecule has 0 spiro atoms. The average molecular weight is 353 g/mol. The highest BCUT2D eigenvalue weighted by Gasteiger charge is 2.11. The lowest BCUT2D eigenvalue weighted by Gasteiger charge is -2.10. The minimum atomic E-state index is -0.465. The monoisotopic (exact) mass is 352 g/mol. The van der Waals surface area contributed by atoms with Crippen LogP contribution in [0.3, 0.4) is 0 Å². The summed E-state index contributed by atoms with van der Waals surface area (Å²) in [6.07, 6.45) is 0. The molecule has 20 heavy (non-hydrogen) atoms. The number of amides is 1. The molecule has 0 aromatic heterocycles. The molecule has 6 heteroatoms. The molecule has 2 aromatic rings. The largest absolute Gasteiger partial charge is 0.389 e. The topological polar surface area (TPSA) is 55.1 Å². The average Bonchev–Trinajstić information content (AvgIpc) is 2.40. The Balaban J connectivity index is 2.30. The highest BCUT2D eigenvalue weighted by atomic mass is 79.9. The van der Waals surface area contributed by atoms with Crippen molar-refractivity contribution in [2.75, 3.05) is 5.32 Å². The van der Waals surface area contributed by atoms with Crippen LogP contribution in [0, 0.1) is 5.82 Å². The zero-order valence-electron chi connectivity index (χ0n) is 10.2. The van der Waals surface area contributed by atoms with Crippen molar-refractivity contribution in [3.8, 4) is 0 Å². The van der Waals surface area contributed by atoms with Crippen LogP contribution in [-0.4, -0.2) is 10.9 Å². The van der Waals surface area contributed by atoms with Gasteiger partial charge in [0.1, 0.15) is 10.8 Å². The lowest BCUT2D eigenvalue weighted by molar-refractivity contribution is 0.102. The van der Waals surface area contributed by atoms with Gasteiger partial charge in [-0.3, -0.25) is 4.79 Å². The number of halogens is 2. The molecule has 2 rings (SSSR count). The van der Waals surface area contributed by atoms with Crippen LogP contribution in [0.5, 0.6) is 0 Å². The van der Waals surface area contributed by atoms with Crippen LogP contribution in [0.25, 0.3) is 0 Å². The number of thiocarbonyl (C=S) groups is 1. The van der Waals surface area contributed by atoms with Crippen LogP contribution < -0.4 is 11.1 Å². The summed E-state index contributed by atoms with van der Waals surface area (Å²) in [6, 6.07) is 10.8. The van der Waals surface area contributed by atoms with E-state index < -0.39 is 5.82 Å². The normalized spacial score (nSPS) is 10.1. The standard InChI is InChI=1S/C14H10BrFN2OS/c15-9-3-1-2-8(6-9)14(19)18-12-5-4-10(16)7-11(12)13(17)20/h1-7H,(H2,17,20)(H,18,19). The van der Waals surface area contributed by atoms with E-state index in [2.05, 4.69) is 21.2 Å². The summed E-state index contributed by atoms with van der Waals surface area (Å²) in [6.45, 7) is 0. The molecule has 0 heterocycles. The summed E-state index contributed by atoms with van der Waals surface area (Å²) in [5.74, 6) is -0.788. The Morgan fingerprint density at radius 2 is 2.00 bits per heavy atom. The van der Waals surface area contributed by atoms with Crippen molar-refractivity contribution in [3.63, 3.8) is 0 Å². The number of nitrogens with one attached hydrogen (secondary N) is 1. The van der Waals surface area contributed by atoms with Gasteiger partial charge >= 0.3 is 0 Å². The molecule has 1 amide bonds. The van der Waals surface area contributed by atoms with Crippen molar-refractivity contribution in [3.05, 3.63) is 63.9 Å². The van der Waals surface area contributed by atoms with Crippen molar-refractivity contribution in [2.45, 2.75) is 0 Å². The molecule has 102 valence electrons. The zero-order chi connectivity index (χ0) is 14.7. The van der Waals surface area contributed by atoms with Crippen LogP contribution in [0.2, 0.25) is 0 Å². The molecule has 3 N–H and O–H groups in total. The third-order valence-corrected chi connectivity index (χ3v) is 3.30. The summed E-state index contributed by atoms with van der Waals surface area (Å²) in [4.78, 5) is 12.1. The predicted octanol–water partition coefficient (Wildman–Crippen LogP) is 3.47. The van der Waals surface area contributed by atoms with Gasteiger partial charge in [-0.1, -0.05) is 34.2 Å². The molecule has 3 nitrogen and oxygen atoms in total. The first kappa shape index (κ1) is 14.6. The first-order valence-electron chi connectivity index (χ1n) is 5.63. The van der Waals surface area contributed by atoms with E-state index in [1.54, 1.807) is 18.2 Å². The maximum atomic E-state index is 13.2. The van der Waals surface area contributed by atoms with Gasteiger partial charge in [0.25, 0.3) is 5.91 Å². The molecule has 0 aliphatic carbocycles. The van der Waals surface area contributed by atoms with Crippen LogP contribution in [0.1, 0.15) is 15.9 Å². The number of rotatable bonds is 3. The molecule has 0 atom stereocenters. The quantitative estimate of drug-likeness (QED) is 0.831. The fraction of sp³-hybridized carbons (Fsp3) is 0. The second kappa shape index (κ2) is 6.11. The molecule has 0 aliphatic heterocycles. The van der Waals surface area contributed by atoms with E-state index in [4.69, 9.17) is 18.0 Å². The fourth-order valence-electron chi connectivity index (χ4n) is 1.65. The summed E-state index contributed by atoms with van der Waals surface area (Å²) < 4.78 is 14.0. The van der Waals surface area contributed by atoms with Gasteiger partial charge in [0, 0.05) is 15.6 Å². The van der Waals surface area contributed by atoms with E-state index in [1.807, 2.05) is 6.07 Å². The van der Waals surface area contributed by atoms with E-state index >= 15 is 0 Å². The third-order valence-electron chi connectivity index (χ3n) is 2.58. The first-order valence-corrected chi connectivity index (χ1v) is 6.84. The van der Waals surface area contributed by atoms with Gasteiger partial charge in [-0.25, -0.2) is 4.39 Å². The van der Waals surface area contributed by atoms with Crippen molar-refractivity contribution in [1.82, 2.24) is 0 Å². The minimum Gasteiger partial charge on any atom is -0.389 e. The molecule has 0 saturated heterocycles. The number of hydrogen-bond acceptors (Lipinski definition) is 2. The molecule has 0 unspecified atom stereocenters. The molecule has 0 saturated carbocycles. The van der Waals surface area contributed by atoms with Crippen molar-refractivity contribution in [2.24, 2.45) is 5.73 Å². The molecule has 0 fully saturated rings. The van der Waals surface area contributed by atoms with Crippen LogP contribution in [0.15, 0.2) is 46.9 Å². The number of carbonyl (C=O) groups is 1. The molecule has 0 aliphatic rings. The Morgan fingerprint density at radius 1 is 1.25 bits per heavy atom. The number of hydrogen-bond donors (Lipinski definition) is 2. The number of anilines is 1. The van der Waals surface area contributed by atoms with E-state index in [1.165, 1.54) is 18.2 Å². The predicted molar refractivity (Wildman–Crippen MR) is 84.4 cm³/mol. The van der Waals surface area contributed by atoms with Gasteiger partial charge in [0.05, 0.1) is 5.69 Å². The van der Waals surface area contributed by atoms with E-state index in [-0.39, 0.29) is 10.9 Å². The van der Waals surface area contributed by atoms with Gasteiger partial charge in [0.2, 0.25) is 0 Å². The van der Waals surface area contributed by atoms with Crippen LogP contribution >= 0.6 is 28.1 Å². The smallest absolute Gasteiger partial charge is 0.255 e. The summed E-state index contributed by atoms with van der Waals surface area (Å²) in [7, 11) is 0. The Kier molecular flexibility index (Phi) is 4.46. The Bertz CT molecular complexity index is 691. The van der Waals surface area contributed by atoms with Gasteiger partial charge in [-0.2, -0.15) is 0 Å². The second-order valence-electron chi connectivity index (χ2n) is 4.02. The molecule has 2 aromatic carbocycles. The number of carbonyl (C=O) groups excluding carboxylic acids is 1. The number of benzene rings is 2. The Morgan fingerprint density at radius 3 is 2.65 bits per heavy atom. The molecule has 0 radical (unpaired) electrons. The lowest BCUT2D eigenvalue weighted by atomic mass is 10.1. The summed E-state index contributed by atoms with van der Waals surface area (Å²) in [5, 5.41) is 2.67. The van der Waals surface area contributed by atoms with Gasteiger partial charge in [-0.05, 0) is 36.4 Å². The fourth-order valence-corrected chi connectivity index (χ4v) is 2.22. The van der Waals surface area contributed by atoms with Crippen LogP contribution in [-0.2, 0) is 0 Å². The number of nitrogens with two attached hydrogens (primary N) is 1. The minimum absolute atomic E-state index is 0.0223. The molecule has 0 bridgehead atoms. The molecular weight excluding hydrogens is 343 g/mol. The maximum absolute atomic E-state index is 13.2. The Labute approximate surface area is 129 Å². The Hall–Kier alpha value is -1.79. The van der Waals surface area contributed by atoms with Gasteiger partial charge in [-0.15, -0.1) is 0 Å². The maximum Gasteiger partial charge on any atom is 0.255 e. The van der Waals surface area contributed by atoms with Gasteiger partial charge in [0.15, 0.2) is 0 Å². The first-order chi connectivity index (χ1) is 9.47. The van der Waals surface area contributed by atoms with Crippen molar-refractivity contribution < 1.29 is 9.18 Å². The van der Waals surface area contributed by atoms with Gasteiger partial charge < -0.3 is 11.1 Å². The van der Waals surface area contributed by atoms with E-state index in [0.717, 1.165) is 4.47 Å². The highest BCUT2D eigenvalue weighted by molar-refractivity contribution is 9.10. The summed E-state index contributed by atoms with van der Waals surface area (Å²) in [5.41, 5.74) is 6.67. The molecular formula is C14H10BrFN2OS. The second-order valence-corrected chi connectivity index (χ2v) is 5.37. The van der Waals surface area contributed by atoms with E-state index in [9.17, 15) is 9.18 Å².